The maximum atomic E-state index is 6.00. The Morgan fingerprint density at radius 2 is 1.90 bits per heavy atom. The molecule has 6 heteroatoms. The summed E-state index contributed by atoms with van der Waals surface area (Å²) in [4.78, 5) is 14.7. The van der Waals surface area contributed by atoms with E-state index in [1.54, 1.807) is 6.07 Å². The van der Waals surface area contributed by atoms with Crippen LogP contribution in [0, 0.1) is 0 Å². The number of fused-ring (bicyclic) bond motifs is 2. The molecule has 3 heterocycles. The number of thiophene rings is 1. The zero-order chi connectivity index (χ0) is 14.4. The predicted octanol–water partition coefficient (Wildman–Crippen LogP) is 5.26. The van der Waals surface area contributed by atoms with Gasteiger partial charge >= 0.3 is 0 Å². The lowest BCUT2D eigenvalue weighted by molar-refractivity contribution is 0.713. The van der Waals surface area contributed by atoms with Crippen molar-refractivity contribution in [1.82, 2.24) is 15.0 Å². The largest absolute Gasteiger partial charge is 0.336 e. The second-order valence-corrected chi connectivity index (χ2v) is 7.24. The van der Waals surface area contributed by atoms with E-state index >= 15 is 0 Å². The average Bonchev–Trinajstić information content (AvgIpc) is 2.98. The van der Waals surface area contributed by atoms with Crippen LogP contribution < -0.4 is 0 Å². The van der Waals surface area contributed by atoms with Crippen molar-refractivity contribution < 1.29 is 0 Å². The number of aromatic amines is 1. The SMILES string of the molecule is Clc1cc2[nH]c(-c3cc4c(s3)CCCCC4)nc2nc1Cl. The molecule has 0 saturated carbocycles. The Morgan fingerprint density at radius 3 is 2.81 bits per heavy atom. The van der Waals surface area contributed by atoms with Crippen LogP contribution in [0.1, 0.15) is 29.7 Å². The van der Waals surface area contributed by atoms with Crippen molar-refractivity contribution >= 4 is 45.7 Å². The summed E-state index contributed by atoms with van der Waals surface area (Å²) >= 11 is 13.8. The lowest BCUT2D eigenvalue weighted by Gasteiger charge is -1.92. The second-order valence-electron chi connectivity index (χ2n) is 5.34. The molecule has 0 unspecified atom stereocenters. The molecule has 1 aliphatic rings. The maximum absolute atomic E-state index is 6.00. The van der Waals surface area contributed by atoms with E-state index in [-0.39, 0.29) is 0 Å². The van der Waals surface area contributed by atoms with Crippen molar-refractivity contribution in [1.29, 1.82) is 0 Å². The standard InChI is InChI=1S/C15H13Cl2N3S/c16-9-7-10-14(19-13(9)17)20-15(18-10)12-6-8-4-2-1-3-5-11(8)21-12/h6-7H,1-5H2,(H,18,19,20). The summed E-state index contributed by atoms with van der Waals surface area (Å²) in [5, 5.41) is 0.741. The van der Waals surface area contributed by atoms with Gasteiger partial charge in [0.25, 0.3) is 0 Å². The summed E-state index contributed by atoms with van der Waals surface area (Å²) in [5.41, 5.74) is 2.92. The Kier molecular flexibility index (Phi) is 3.40. The zero-order valence-corrected chi connectivity index (χ0v) is 13.6. The minimum atomic E-state index is 0.296. The minimum Gasteiger partial charge on any atom is -0.336 e. The van der Waals surface area contributed by atoms with Crippen molar-refractivity contribution in [3.05, 3.63) is 32.7 Å². The molecule has 0 fully saturated rings. The minimum absolute atomic E-state index is 0.296. The van der Waals surface area contributed by atoms with E-state index in [0.717, 1.165) is 11.3 Å². The third-order valence-corrected chi connectivity index (χ3v) is 5.78. The van der Waals surface area contributed by atoms with Crippen LogP contribution in [0.15, 0.2) is 12.1 Å². The van der Waals surface area contributed by atoms with Gasteiger partial charge in [0.15, 0.2) is 11.5 Å². The van der Waals surface area contributed by atoms with Gasteiger partial charge < -0.3 is 4.98 Å². The Morgan fingerprint density at radius 1 is 1.05 bits per heavy atom. The number of aromatic nitrogens is 3. The Balaban J connectivity index is 1.79. The van der Waals surface area contributed by atoms with Gasteiger partial charge in [0, 0.05) is 4.88 Å². The van der Waals surface area contributed by atoms with Crippen LogP contribution in [0.4, 0.5) is 0 Å². The zero-order valence-electron chi connectivity index (χ0n) is 11.2. The van der Waals surface area contributed by atoms with Crippen molar-refractivity contribution in [3.8, 4) is 10.7 Å². The second kappa shape index (κ2) is 5.27. The lowest BCUT2D eigenvalue weighted by Crippen LogP contribution is -1.81. The van der Waals surface area contributed by atoms with Crippen LogP contribution in [-0.4, -0.2) is 15.0 Å². The number of rotatable bonds is 1. The summed E-state index contributed by atoms with van der Waals surface area (Å²) in [5.74, 6) is 0.855. The van der Waals surface area contributed by atoms with E-state index in [4.69, 9.17) is 23.2 Å². The molecule has 21 heavy (non-hydrogen) atoms. The number of nitrogens with zero attached hydrogens (tertiary/aromatic N) is 2. The van der Waals surface area contributed by atoms with E-state index in [1.807, 2.05) is 11.3 Å². The average molecular weight is 338 g/mol. The van der Waals surface area contributed by atoms with Gasteiger partial charge in [-0.25, -0.2) is 9.97 Å². The molecule has 1 N–H and O–H groups in total. The van der Waals surface area contributed by atoms with Gasteiger partial charge in [-0.2, -0.15) is 0 Å². The molecule has 3 aromatic rings. The third-order valence-electron chi connectivity index (χ3n) is 3.86. The van der Waals surface area contributed by atoms with Gasteiger partial charge in [-0.15, -0.1) is 11.3 Å². The first-order chi connectivity index (χ1) is 10.2. The first-order valence-electron chi connectivity index (χ1n) is 7.04. The first-order valence-corrected chi connectivity index (χ1v) is 8.61. The molecule has 3 aromatic heterocycles. The highest BCUT2D eigenvalue weighted by Gasteiger charge is 2.16. The van der Waals surface area contributed by atoms with Crippen molar-refractivity contribution in [2.75, 3.05) is 0 Å². The highest BCUT2D eigenvalue weighted by molar-refractivity contribution is 7.15. The molecule has 0 atom stereocenters. The molecular weight excluding hydrogens is 325 g/mol. The number of hydrogen-bond acceptors (Lipinski definition) is 3. The van der Waals surface area contributed by atoms with Crippen LogP contribution in [0.3, 0.4) is 0 Å². The van der Waals surface area contributed by atoms with Gasteiger partial charge in [-0.05, 0) is 43.4 Å². The van der Waals surface area contributed by atoms with Crippen LogP contribution in [0.2, 0.25) is 10.2 Å². The molecule has 0 saturated heterocycles. The number of hydrogen-bond donors (Lipinski definition) is 1. The highest BCUT2D eigenvalue weighted by atomic mass is 35.5. The van der Waals surface area contributed by atoms with Crippen molar-refractivity contribution in [2.45, 2.75) is 32.1 Å². The van der Waals surface area contributed by atoms with E-state index < -0.39 is 0 Å². The molecule has 0 aromatic carbocycles. The molecule has 0 spiro atoms. The Hall–Kier alpha value is -1.10. The summed E-state index contributed by atoms with van der Waals surface area (Å²) in [6.45, 7) is 0. The van der Waals surface area contributed by atoms with Crippen molar-refractivity contribution in [3.63, 3.8) is 0 Å². The maximum Gasteiger partial charge on any atom is 0.179 e. The lowest BCUT2D eigenvalue weighted by atomic mass is 10.1. The molecule has 0 bridgehead atoms. The summed E-state index contributed by atoms with van der Waals surface area (Å²) < 4.78 is 0. The molecule has 3 nitrogen and oxygen atoms in total. The third kappa shape index (κ3) is 2.45. The van der Waals surface area contributed by atoms with E-state index in [9.17, 15) is 0 Å². The number of nitrogens with one attached hydrogen (secondary N) is 1. The molecule has 108 valence electrons. The van der Waals surface area contributed by atoms with Crippen molar-refractivity contribution in [2.24, 2.45) is 0 Å². The van der Waals surface area contributed by atoms with Gasteiger partial charge in [-0.1, -0.05) is 29.6 Å². The molecule has 4 rings (SSSR count). The fraction of sp³-hybridized carbons (Fsp3) is 0.333. The number of aryl methyl sites for hydroxylation is 2. The van der Waals surface area contributed by atoms with E-state index in [0.29, 0.717) is 15.8 Å². The van der Waals surface area contributed by atoms with Crippen LogP contribution in [0.25, 0.3) is 21.9 Å². The predicted molar refractivity (Wildman–Crippen MR) is 88.5 cm³/mol. The topological polar surface area (TPSA) is 41.6 Å². The highest BCUT2D eigenvalue weighted by Crippen LogP contribution is 2.35. The number of H-pyrrole nitrogens is 1. The fourth-order valence-electron chi connectivity index (χ4n) is 2.80. The molecule has 1 aliphatic carbocycles. The smallest absolute Gasteiger partial charge is 0.179 e. The van der Waals surface area contributed by atoms with Crippen LogP contribution in [0.5, 0.6) is 0 Å². The van der Waals surface area contributed by atoms with E-state index in [1.165, 1.54) is 47.4 Å². The molecular formula is C15H13Cl2N3S. The number of imidazole rings is 1. The normalized spacial score (nSPS) is 15.1. The fourth-order valence-corrected chi connectivity index (χ4v) is 4.28. The number of pyridine rings is 1. The molecule has 0 aliphatic heterocycles. The summed E-state index contributed by atoms with van der Waals surface area (Å²) in [7, 11) is 0. The monoisotopic (exact) mass is 337 g/mol. The summed E-state index contributed by atoms with van der Waals surface area (Å²) in [6, 6.07) is 4.05. The van der Waals surface area contributed by atoms with Gasteiger partial charge in [0.1, 0.15) is 5.15 Å². The van der Waals surface area contributed by atoms with E-state index in [2.05, 4.69) is 21.0 Å². The quantitative estimate of drug-likeness (QED) is 0.486. The first kappa shape index (κ1) is 13.6. The van der Waals surface area contributed by atoms with Crippen LogP contribution in [-0.2, 0) is 12.8 Å². The Labute approximate surface area is 136 Å². The molecule has 0 amide bonds. The van der Waals surface area contributed by atoms with Gasteiger partial charge in [0.05, 0.1) is 15.4 Å². The van der Waals surface area contributed by atoms with Gasteiger partial charge in [0.2, 0.25) is 0 Å². The molecule has 0 radical (unpaired) electrons. The van der Waals surface area contributed by atoms with Gasteiger partial charge in [-0.3, -0.25) is 0 Å². The Bertz CT molecular complexity index is 759. The number of halogens is 2. The van der Waals surface area contributed by atoms with Crippen LogP contribution >= 0.6 is 34.5 Å². The summed E-state index contributed by atoms with van der Waals surface area (Å²) in [6.07, 6.45) is 6.29.